The van der Waals surface area contributed by atoms with E-state index in [4.69, 9.17) is 4.74 Å². The average Bonchev–Trinajstić information content (AvgIpc) is 2.64. The first kappa shape index (κ1) is 10.6. The van der Waals surface area contributed by atoms with Crippen LogP contribution in [0, 0.1) is 5.95 Å². The molecule has 0 fully saturated rings. The predicted octanol–water partition coefficient (Wildman–Crippen LogP) is 3.62. The molecule has 0 saturated heterocycles. The van der Waals surface area contributed by atoms with E-state index < -0.39 is 5.95 Å². The van der Waals surface area contributed by atoms with Gasteiger partial charge in [-0.05, 0) is 34.1 Å². The van der Waals surface area contributed by atoms with Crippen LogP contribution in [0.25, 0.3) is 0 Å². The van der Waals surface area contributed by atoms with Gasteiger partial charge in [-0.1, -0.05) is 0 Å². The molecule has 2 aromatic rings. The maximum absolute atomic E-state index is 12.5. The third-order valence-electron chi connectivity index (χ3n) is 1.70. The largest absolute Gasteiger partial charge is 0.486 e. The monoisotopic (exact) mass is 287 g/mol. The molecule has 0 aliphatic carbocycles. The standard InChI is InChI=1S/C10H7BrFNOS/c11-7-3-9(15-6-7)5-14-8-1-2-10(12)13-4-8/h1-4,6H,5H2. The Morgan fingerprint density at radius 3 is 2.93 bits per heavy atom. The highest BCUT2D eigenvalue weighted by molar-refractivity contribution is 9.10. The summed E-state index contributed by atoms with van der Waals surface area (Å²) in [5.41, 5.74) is 0. The molecule has 2 rings (SSSR count). The van der Waals surface area contributed by atoms with Crippen molar-refractivity contribution in [2.75, 3.05) is 0 Å². The van der Waals surface area contributed by atoms with Gasteiger partial charge in [0.15, 0.2) is 0 Å². The number of hydrogen-bond acceptors (Lipinski definition) is 3. The molecule has 0 bridgehead atoms. The minimum absolute atomic E-state index is 0.476. The minimum atomic E-state index is -0.499. The zero-order valence-corrected chi connectivity index (χ0v) is 10.0. The summed E-state index contributed by atoms with van der Waals surface area (Å²) in [7, 11) is 0. The second-order valence-electron chi connectivity index (χ2n) is 2.84. The SMILES string of the molecule is Fc1ccc(OCc2cc(Br)cs2)cn1. The summed E-state index contributed by atoms with van der Waals surface area (Å²) in [6.07, 6.45) is 1.37. The third-order valence-corrected chi connectivity index (χ3v) is 3.37. The Kier molecular flexibility index (Phi) is 3.33. The smallest absolute Gasteiger partial charge is 0.213 e. The Morgan fingerprint density at radius 2 is 2.33 bits per heavy atom. The molecule has 78 valence electrons. The average molecular weight is 288 g/mol. The van der Waals surface area contributed by atoms with Crippen LogP contribution in [0.4, 0.5) is 4.39 Å². The fourth-order valence-electron chi connectivity index (χ4n) is 1.03. The van der Waals surface area contributed by atoms with Gasteiger partial charge in [-0.15, -0.1) is 11.3 Å². The van der Waals surface area contributed by atoms with Crippen molar-refractivity contribution in [2.45, 2.75) is 6.61 Å². The van der Waals surface area contributed by atoms with E-state index >= 15 is 0 Å². The van der Waals surface area contributed by atoms with E-state index in [2.05, 4.69) is 20.9 Å². The second-order valence-corrected chi connectivity index (χ2v) is 4.75. The molecule has 0 atom stereocenters. The number of thiophene rings is 1. The molecule has 0 unspecified atom stereocenters. The van der Waals surface area contributed by atoms with Crippen LogP contribution in [0.2, 0.25) is 0 Å². The van der Waals surface area contributed by atoms with Crippen molar-refractivity contribution in [3.63, 3.8) is 0 Å². The van der Waals surface area contributed by atoms with Gasteiger partial charge in [0.2, 0.25) is 5.95 Å². The van der Waals surface area contributed by atoms with E-state index in [0.717, 1.165) is 9.35 Å². The third kappa shape index (κ3) is 3.00. The minimum Gasteiger partial charge on any atom is -0.486 e. The van der Waals surface area contributed by atoms with Crippen molar-refractivity contribution in [3.8, 4) is 5.75 Å². The molecule has 2 heterocycles. The Balaban J connectivity index is 1.96. The van der Waals surface area contributed by atoms with Crippen molar-refractivity contribution in [1.82, 2.24) is 4.98 Å². The van der Waals surface area contributed by atoms with Gasteiger partial charge >= 0.3 is 0 Å². The Hall–Kier alpha value is -0.940. The summed E-state index contributed by atoms with van der Waals surface area (Å²) in [5.74, 6) is 0.0714. The Bertz CT molecular complexity index is 443. The first-order valence-corrected chi connectivity index (χ1v) is 5.88. The fraction of sp³-hybridized carbons (Fsp3) is 0.100. The molecule has 0 aliphatic heterocycles. The highest BCUT2D eigenvalue weighted by atomic mass is 79.9. The van der Waals surface area contributed by atoms with Crippen molar-refractivity contribution >= 4 is 27.3 Å². The summed E-state index contributed by atoms with van der Waals surface area (Å²) in [6, 6.07) is 4.83. The summed E-state index contributed by atoms with van der Waals surface area (Å²) in [6.45, 7) is 0.476. The van der Waals surface area contributed by atoms with E-state index in [1.165, 1.54) is 12.3 Å². The number of pyridine rings is 1. The molecule has 0 saturated carbocycles. The maximum Gasteiger partial charge on any atom is 0.213 e. The number of halogens is 2. The number of aromatic nitrogens is 1. The molecule has 0 aliphatic rings. The van der Waals surface area contributed by atoms with Crippen LogP contribution in [0.5, 0.6) is 5.75 Å². The van der Waals surface area contributed by atoms with Gasteiger partial charge in [0, 0.05) is 14.7 Å². The van der Waals surface area contributed by atoms with Gasteiger partial charge in [-0.25, -0.2) is 4.98 Å². The van der Waals surface area contributed by atoms with Crippen LogP contribution >= 0.6 is 27.3 Å². The zero-order chi connectivity index (χ0) is 10.7. The molecular formula is C10H7BrFNOS. The molecule has 0 N–H and O–H groups in total. The molecule has 0 spiro atoms. The fourth-order valence-corrected chi connectivity index (χ4v) is 2.39. The van der Waals surface area contributed by atoms with Crippen LogP contribution in [0.3, 0.4) is 0 Å². The van der Waals surface area contributed by atoms with Crippen LogP contribution in [-0.2, 0) is 6.61 Å². The number of ether oxygens (including phenoxy) is 1. The van der Waals surface area contributed by atoms with Gasteiger partial charge in [0.25, 0.3) is 0 Å². The zero-order valence-electron chi connectivity index (χ0n) is 7.61. The number of hydrogen-bond donors (Lipinski definition) is 0. The van der Waals surface area contributed by atoms with Gasteiger partial charge in [0.05, 0.1) is 6.20 Å². The maximum atomic E-state index is 12.5. The normalized spacial score (nSPS) is 10.3. The number of nitrogens with zero attached hydrogens (tertiary/aromatic N) is 1. The topological polar surface area (TPSA) is 22.1 Å². The molecule has 15 heavy (non-hydrogen) atoms. The Morgan fingerprint density at radius 1 is 1.47 bits per heavy atom. The van der Waals surface area contributed by atoms with Gasteiger partial charge in [-0.3, -0.25) is 0 Å². The van der Waals surface area contributed by atoms with Crippen molar-refractivity contribution < 1.29 is 9.13 Å². The van der Waals surface area contributed by atoms with E-state index in [-0.39, 0.29) is 0 Å². The predicted molar refractivity (Wildman–Crippen MR) is 60.5 cm³/mol. The van der Waals surface area contributed by atoms with Crippen molar-refractivity contribution in [2.24, 2.45) is 0 Å². The van der Waals surface area contributed by atoms with E-state index in [9.17, 15) is 4.39 Å². The van der Waals surface area contributed by atoms with Crippen molar-refractivity contribution in [3.05, 3.63) is 45.1 Å². The van der Waals surface area contributed by atoms with Crippen LogP contribution < -0.4 is 4.74 Å². The first-order chi connectivity index (χ1) is 7.24. The summed E-state index contributed by atoms with van der Waals surface area (Å²) >= 11 is 4.97. The summed E-state index contributed by atoms with van der Waals surface area (Å²) in [4.78, 5) is 4.60. The lowest BCUT2D eigenvalue weighted by molar-refractivity contribution is 0.307. The lowest BCUT2D eigenvalue weighted by Crippen LogP contribution is -1.93. The van der Waals surface area contributed by atoms with Crippen LogP contribution in [0.1, 0.15) is 4.88 Å². The summed E-state index contributed by atoms with van der Waals surface area (Å²) in [5, 5.41) is 1.99. The molecule has 2 aromatic heterocycles. The quantitative estimate of drug-likeness (QED) is 0.805. The highest BCUT2D eigenvalue weighted by Gasteiger charge is 1.99. The van der Waals surface area contributed by atoms with Gasteiger partial charge in [0.1, 0.15) is 12.4 Å². The molecule has 0 amide bonds. The van der Waals surface area contributed by atoms with Crippen molar-refractivity contribution in [1.29, 1.82) is 0 Å². The van der Waals surface area contributed by atoms with Gasteiger partial charge < -0.3 is 4.74 Å². The number of rotatable bonds is 3. The molecular weight excluding hydrogens is 281 g/mol. The van der Waals surface area contributed by atoms with Crippen LogP contribution in [0.15, 0.2) is 34.2 Å². The molecule has 5 heteroatoms. The molecule has 2 nitrogen and oxygen atoms in total. The van der Waals surface area contributed by atoms with Crippen LogP contribution in [-0.4, -0.2) is 4.98 Å². The lowest BCUT2D eigenvalue weighted by Gasteiger charge is -2.02. The van der Waals surface area contributed by atoms with E-state index in [0.29, 0.717) is 12.4 Å². The molecule has 0 radical (unpaired) electrons. The Labute approximate surface area is 98.9 Å². The second kappa shape index (κ2) is 4.72. The first-order valence-electron chi connectivity index (χ1n) is 4.21. The lowest BCUT2D eigenvalue weighted by atomic mass is 10.4. The van der Waals surface area contributed by atoms with E-state index in [1.807, 2.05) is 11.4 Å². The molecule has 0 aromatic carbocycles. The highest BCUT2D eigenvalue weighted by Crippen LogP contribution is 2.21. The summed E-state index contributed by atoms with van der Waals surface area (Å²) < 4.78 is 18.9. The van der Waals surface area contributed by atoms with E-state index in [1.54, 1.807) is 17.4 Å². The van der Waals surface area contributed by atoms with Gasteiger partial charge in [-0.2, -0.15) is 4.39 Å².